The molecule has 2 fully saturated rings. The Balaban J connectivity index is 1.54. The monoisotopic (exact) mass is 263 g/mol. The van der Waals surface area contributed by atoms with Crippen LogP contribution in [0.25, 0.3) is 0 Å². The zero-order chi connectivity index (χ0) is 13.2. The maximum atomic E-state index is 12.0. The minimum Gasteiger partial charge on any atom is -0.396 e. The second kappa shape index (κ2) is 5.21. The first-order valence-electron chi connectivity index (χ1n) is 7.04. The predicted molar refractivity (Wildman–Crippen MR) is 72.4 cm³/mol. The van der Waals surface area contributed by atoms with Crippen molar-refractivity contribution < 1.29 is 4.79 Å². The van der Waals surface area contributed by atoms with Crippen molar-refractivity contribution in [2.45, 2.75) is 44.3 Å². The molecule has 6 nitrogen and oxygen atoms in total. The summed E-state index contributed by atoms with van der Waals surface area (Å²) < 4.78 is 1.58. The molecule has 2 saturated heterocycles. The van der Waals surface area contributed by atoms with Crippen LogP contribution in [0.15, 0.2) is 12.4 Å². The van der Waals surface area contributed by atoms with Gasteiger partial charge in [-0.15, -0.1) is 0 Å². The highest BCUT2D eigenvalue weighted by Crippen LogP contribution is 2.27. The van der Waals surface area contributed by atoms with Crippen molar-refractivity contribution in [2.24, 2.45) is 0 Å². The van der Waals surface area contributed by atoms with E-state index in [2.05, 4.69) is 15.3 Å². The highest BCUT2D eigenvalue weighted by atomic mass is 16.2. The SMILES string of the molecule is Nc1cnn(CC(=O)NC2CCN3CCCCC23)c1. The zero-order valence-electron chi connectivity index (χ0n) is 11.1. The van der Waals surface area contributed by atoms with Gasteiger partial charge in [0.05, 0.1) is 11.9 Å². The van der Waals surface area contributed by atoms with Gasteiger partial charge in [0.25, 0.3) is 0 Å². The van der Waals surface area contributed by atoms with Crippen molar-refractivity contribution in [3.63, 3.8) is 0 Å². The Kier molecular flexibility index (Phi) is 3.42. The maximum absolute atomic E-state index is 12.0. The van der Waals surface area contributed by atoms with E-state index in [4.69, 9.17) is 5.73 Å². The van der Waals surface area contributed by atoms with Crippen LogP contribution in [-0.2, 0) is 11.3 Å². The molecule has 6 heteroatoms. The zero-order valence-corrected chi connectivity index (χ0v) is 11.1. The number of nitrogen functional groups attached to an aromatic ring is 1. The Bertz CT molecular complexity index is 458. The lowest BCUT2D eigenvalue weighted by atomic mass is 9.99. The number of nitrogens with two attached hydrogens (primary N) is 1. The van der Waals surface area contributed by atoms with E-state index < -0.39 is 0 Å². The molecule has 0 aliphatic carbocycles. The van der Waals surface area contributed by atoms with Crippen LogP contribution in [0.3, 0.4) is 0 Å². The van der Waals surface area contributed by atoms with Crippen LogP contribution in [0, 0.1) is 0 Å². The molecule has 0 spiro atoms. The van der Waals surface area contributed by atoms with Crippen LogP contribution >= 0.6 is 0 Å². The first-order valence-corrected chi connectivity index (χ1v) is 7.04. The van der Waals surface area contributed by atoms with Crippen molar-refractivity contribution in [3.05, 3.63) is 12.4 Å². The van der Waals surface area contributed by atoms with Gasteiger partial charge >= 0.3 is 0 Å². The molecule has 0 radical (unpaired) electrons. The first-order chi connectivity index (χ1) is 9.22. The number of piperidine rings is 1. The van der Waals surface area contributed by atoms with E-state index in [1.165, 1.54) is 25.8 Å². The van der Waals surface area contributed by atoms with Crippen LogP contribution in [0.5, 0.6) is 0 Å². The first kappa shape index (κ1) is 12.5. The Morgan fingerprint density at radius 2 is 2.32 bits per heavy atom. The van der Waals surface area contributed by atoms with Crippen LogP contribution in [0.2, 0.25) is 0 Å². The molecule has 2 aliphatic rings. The largest absolute Gasteiger partial charge is 0.396 e. The summed E-state index contributed by atoms with van der Waals surface area (Å²) in [6, 6.07) is 0.848. The molecule has 1 aromatic rings. The van der Waals surface area contributed by atoms with Crippen LogP contribution in [0.4, 0.5) is 5.69 Å². The fourth-order valence-corrected chi connectivity index (χ4v) is 3.28. The van der Waals surface area contributed by atoms with Crippen LogP contribution in [0.1, 0.15) is 25.7 Å². The predicted octanol–water partition coefficient (Wildman–Crippen LogP) is 0.208. The number of rotatable bonds is 3. The number of anilines is 1. The van der Waals surface area contributed by atoms with Crippen molar-refractivity contribution >= 4 is 11.6 Å². The minimum absolute atomic E-state index is 0.0283. The van der Waals surface area contributed by atoms with E-state index in [0.717, 1.165) is 13.0 Å². The molecule has 0 bridgehead atoms. The summed E-state index contributed by atoms with van der Waals surface area (Å²) in [6.07, 6.45) is 8.09. The van der Waals surface area contributed by atoms with Gasteiger partial charge in [-0.2, -0.15) is 5.10 Å². The van der Waals surface area contributed by atoms with Crippen molar-refractivity contribution in [1.29, 1.82) is 0 Å². The van der Waals surface area contributed by atoms with Gasteiger partial charge in [-0.05, 0) is 25.8 Å². The number of hydrogen-bond acceptors (Lipinski definition) is 4. The maximum Gasteiger partial charge on any atom is 0.242 e. The van der Waals surface area contributed by atoms with Gasteiger partial charge in [-0.1, -0.05) is 6.42 Å². The van der Waals surface area contributed by atoms with E-state index in [9.17, 15) is 4.79 Å². The number of carbonyl (C=O) groups is 1. The number of hydrogen-bond donors (Lipinski definition) is 2. The summed E-state index contributed by atoms with van der Waals surface area (Å²) in [5.41, 5.74) is 6.17. The van der Waals surface area contributed by atoms with Crippen molar-refractivity contribution in [2.75, 3.05) is 18.8 Å². The molecule has 3 heterocycles. The highest BCUT2D eigenvalue weighted by Gasteiger charge is 2.36. The lowest BCUT2D eigenvalue weighted by Gasteiger charge is -2.32. The molecule has 1 amide bonds. The fourth-order valence-electron chi connectivity index (χ4n) is 3.28. The lowest BCUT2D eigenvalue weighted by molar-refractivity contribution is -0.122. The third-order valence-corrected chi connectivity index (χ3v) is 4.16. The number of amides is 1. The molecule has 104 valence electrons. The van der Waals surface area contributed by atoms with Crippen LogP contribution in [-0.4, -0.2) is 45.8 Å². The molecule has 3 N–H and O–H groups in total. The second-order valence-electron chi connectivity index (χ2n) is 5.53. The topological polar surface area (TPSA) is 76.2 Å². The molecule has 2 aliphatic heterocycles. The Morgan fingerprint density at radius 1 is 1.42 bits per heavy atom. The van der Waals surface area contributed by atoms with Crippen molar-refractivity contribution in [1.82, 2.24) is 20.0 Å². The molecule has 3 rings (SSSR count). The Morgan fingerprint density at radius 3 is 3.11 bits per heavy atom. The third kappa shape index (κ3) is 2.73. The van der Waals surface area contributed by atoms with E-state index in [-0.39, 0.29) is 12.5 Å². The molecule has 1 aromatic heterocycles. The third-order valence-electron chi connectivity index (χ3n) is 4.16. The van der Waals surface area contributed by atoms with Gasteiger partial charge in [0, 0.05) is 24.8 Å². The van der Waals surface area contributed by atoms with Gasteiger partial charge in [0.2, 0.25) is 5.91 Å². The minimum atomic E-state index is 0.0283. The average Bonchev–Trinajstić information content (AvgIpc) is 2.97. The quantitative estimate of drug-likeness (QED) is 0.817. The molecule has 19 heavy (non-hydrogen) atoms. The summed E-state index contributed by atoms with van der Waals surface area (Å²) in [4.78, 5) is 14.5. The Hall–Kier alpha value is -1.56. The molecular formula is C13H21N5O. The number of fused-ring (bicyclic) bond motifs is 1. The Labute approximate surface area is 112 Å². The standard InChI is InChI=1S/C13H21N5O/c14-10-7-15-18(8-10)9-13(19)16-11-4-6-17-5-2-1-3-12(11)17/h7-8,11-12H,1-6,9,14H2,(H,16,19). The summed E-state index contributed by atoms with van der Waals surface area (Å²) in [5.74, 6) is 0.0283. The molecule has 2 unspecified atom stereocenters. The molecule has 0 aromatic carbocycles. The van der Waals surface area contributed by atoms with Crippen molar-refractivity contribution in [3.8, 4) is 0 Å². The highest BCUT2D eigenvalue weighted by molar-refractivity contribution is 5.76. The van der Waals surface area contributed by atoms with Gasteiger partial charge in [0.1, 0.15) is 6.54 Å². The normalized spacial score (nSPS) is 27.2. The van der Waals surface area contributed by atoms with Crippen LogP contribution < -0.4 is 11.1 Å². The van der Waals surface area contributed by atoms with Gasteiger partial charge in [-0.25, -0.2) is 0 Å². The number of aromatic nitrogens is 2. The lowest BCUT2D eigenvalue weighted by Crippen LogP contribution is -2.47. The molecule has 2 atom stereocenters. The smallest absolute Gasteiger partial charge is 0.242 e. The van der Waals surface area contributed by atoms with E-state index in [1.807, 2.05) is 0 Å². The number of nitrogens with zero attached hydrogens (tertiary/aromatic N) is 3. The van der Waals surface area contributed by atoms with E-state index >= 15 is 0 Å². The number of carbonyl (C=O) groups excluding carboxylic acids is 1. The molecule has 0 saturated carbocycles. The van der Waals surface area contributed by atoms with E-state index in [1.54, 1.807) is 17.1 Å². The fraction of sp³-hybridized carbons (Fsp3) is 0.692. The summed E-state index contributed by atoms with van der Waals surface area (Å²) >= 11 is 0. The second-order valence-corrected chi connectivity index (χ2v) is 5.53. The van der Waals surface area contributed by atoms with Gasteiger partial charge in [-0.3, -0.25) is 14.4 Å². The van der Waals surface area contributed by atoms with E-state index in [0.29, 0.717) is 17.8 Å². The number of nitrogens with one attached hydrogen (secondary N) is 1. The summed E-state index contributed by atoms with van der Waals surface area (Å²) in [6.45, 7) is 2.55. The summed E-state index contributed by atoms with van der Waals surface area (Å²) in [7, 11) is 0. The van der Waals surface area contributed by atoms with Gasteiger partial charge < -0.3 is 11.1 Å². The molecular weight excluding hydrogens is 242 g/mol. The average molecular weight is 263 g/mol. The summed E-state index contributed by atoms with van der Waals surface area (Å²) in [5, 5.41) is 7.19. The van der Waals surface area contributed by atoms with Gasteiger partial charge in [0.15, 0.2) is 0 Å².